The molecule has 0 radical (unpaired) electrons. The highest BCUT2D eigenvalue weighted by atomic mass is 79.9. The van der Waals surface area contributed by atoms with Crippen molar-refractivity contribution in [2.24, 2.45) is 5.73 Å². The summed E-state index contributed by atoms with van der Waals surface area (Å²) in [6.45, 7) is 1.91. The van der Waals surface area contributed by atoms with Gasteiger partial charge in [0.2, 0.25) is 0 Å². The summed E-state index contributed by atoms with van der Waals surface area (Å²) in [7, 11) is 0. The molecule has 0 saturated carbocycles. The highest BCUT2D eigenvalue weighted by Gasteiger charge is 2.13. The summed E-state index contributed by atoms with van der Waals surface area (Å²) >= 11 is 8.26. The van der Waals surface area contributed by atoms with E-state index in [-0.39, 0.29) is 10.9 Å². The maximum atomic E-state index is 12.1. The third-order valence-corrected chi connectivity index (χ3v) is 3.67. The van der Waals surface area contributed by atoms with Gasteiger partial charge in [0.1, 0.15) is 10.8 Å². The molecule has 1 amide bonds. The predicted octanol–water partition coefficient (Wildman–Crippen LogP) is 2.37. The normalized spacial score (nSPS) is 10.2. The first kappa shape index (κ1) is 13.7. The largest absolute Gasteiger partial charge is 0.389 e. The van der Waals surface area contributed by atoms with Crippen molar-refractivity contribution in [3.8, 4) is 0 Å². The number of hydrogen-bond acceptors (Lipinski definition) is 3. The lowest BCUT2D eigenvalue weighted by atomic mass is 10.1. The molecule has 0 aliphatic rings. The molecule has 7 heteroatoms. The molecule has 19 heavy (non-hydrogen) atoms. The summed E-state index contributed by atoms with van der Waals surface area (Å²) in [6, 6.07) is 5.34. The SMILES string of the molecule is Cc1cc(C(=O)Nc2[nH]ncc2C(N)=S)ccc1Br. The van der Waals surface area contributed by atoms with Gasteiger partial charge in [0.05, 0.1) is 11.8 Å². The Labute approximate surface area is 123 Å². The van der Waals surface area contributed by atoms with Crippen molar-refractivity contribution >= 4 is 44.9 Å². The Kier molecular flexibility index (Phi) is 3.96. The Morgan fingerprint density at radius 3 is 2.89 bits per heavy atom. The number of amides is 1. The van der Waals surface area contributed by atoms with Gasteiger partial charge in [-0.3, -0.25) is 9.89 Å². The summed E-state index contributed by atoms with van der Waals surface area (Å²) in [6.07, 6.45) is 1.48. The van der Waals surface area contributed by atoms with Crippen LogP contribution in [0.1, 0.15) is 21.5 Å². The molecule has 0 aliphatic carbocycles. The van der Waals surface area contributed by atoms with Gasteiger partial charge in [0.15, 0.2) is 0 Å². The van der Waals surface area contributed by atoms with Crippen molar-refractivity contribution < 1.29 is 4.79 Å². The highest BCUT2D eigenvalue weighted by molar-refractivity contribution is 9.10. The molecule has 98 valence electrons. The second-order valence-electron chi connectivity index (χ2n) is 3.94. The van der Waals surface area contributed by atoms with E-state index >= 15 is 0 Å². The quantitative estimate of drug-likeness (QED) is 0.750. The van der Waals surface area contributed by atoms with Crippen molar-refractivity contribution in [3.05, 3.63) is 45.6 Å². The van der Waals surface area contributed by atoms with Crippen LogP contribution in [0.25, 0.3) is 0 Å². The zero-order valence-corrected chi connectivity index (χ0v) is 12.4. The van der Waals surface area contributed by atoms with E-state index in [1.807, 2.05) is 13.0 Å². The van der Waals surface area contributed by atoms with E-state index in [0.717, 1.165) is 10.0 Å². The van der Waals surface area contributed by atoms with Crippen molar-refractivity contribution in [1.82, 2.24) is 10.2 Å². The van der Waals surface area contributed by atoms with Crippen molar-refractivity contribution in [2.75, 3.05) is 5.32 Å². The molecule has 1 heterocycles. The first-order valence-electron chi connectivity index (χ1n) is 5.39. The lowest BCUT2D eigenvalue weighted by molar-refractivity contribution is 0.102. The van der Waals surface area contributed by atoms with Crippen LogP contribution in [-0.2, 0) is 0 Å². The number of nitrogens with two attached hydrogens (primary N) is 1. The Bertz CT molecular complexity index is 653. The van der Waals surface area contributed by atoms with Crippen LogP contribution in [0.2, 0.25) is 0 Å². The van der Waals surface area contributed by atoms with Crippen LogP contribution in [0.15, 0.2) is 28.9 Å². The van der Waals surface area contributed by atoms with Gasteiger partial charge in [-0.15, -0.1) is 0 Å². The Balaban J connectivity index is 2.23. The van der Waals surface area contributed by atoms with E-state index in [2.05, 4.69) is 31.4 Å². The third-order valence-electron chi connectivity index (χ3n) is 2.56. The molecule has 0 spiro atoms. The van der Waals surface area contributed by atoms with Crippen LogP contribution in [-0.4, -0.2) is 21.1 Å². The Morgan fingerprint density at radius 1 is 1.53 bits per heavy atom. The first-order valence-corrected chi connectivity index (χ1v) is 6.60. The number of hydrogen-bond donors (Lipinski definition) is 3. The van der Waals surface area contributed by atoms with Gasteiger partial charge in [0, 0.05) is 10.0 Å². The standard InChI is InChI=1S/C12H11BrN4OS/c1-6-4-7(2-3-9(6)13)12(18)16-11-8(10(14)19)5-15-17-11/h2-5H,1H3,(H2,14,19)(H2,15,16,17,18). The fourth-order valence-corrected chi connectivity index (χ4v) is 1.94. The number of carbonyl (C=O) groups excluding carboxylic acids is 1. The van der Waals surface area contributed by atoms with Gasteiger partial charge >= 0.3 is 0 Å². The van der Waals surface area contributed by atoms with Crippen LogP contribution in [0, 0.1) is 6.92 Å². The molecule has 5 nitrogen and oxygen atoms in total. The van der Waals surface area contributed by atoms with E-state index in [1.54, 1.807) is 12.1 Å². The third kappa shape index (κ3) is 2.99. The van der Waals surface area contributed by atoms with Gasteiger partial charge in [0.25, 0.3) is 5.91 Å². The molecule has 0 saturated heterocycles. The van der Waals surface area contributed by atoms with E-state index in [0.29, 0.717) is 16.9 Å². The van der Waals surface area contributed by atoms with Crippen molar-refractivity contribution in [2.45, 2.75) is 6.92 Å². The minimum atomic E-state index is -0.252. The lowest BCUT2D eigenvalue weighted by Gasteiger charge is -2.06. The summed E-state index contributed by atoms with van der Waals surface area (Å²) in [5, 5.41) is 9.16. The molecular formula is C12H11BrN4OS. The maximum absolute atomic E-state index is 12.1. The summed E-state index contributed by atoms with van der Waals surface area (Å²) in [5.41, 5.74) is 7.57. The molecule has 1 aromatic heterocycles. The molecule has 0 atom stereocenters. The number of anilines is 1. The minimum absolute atomic E-state index is 0.177. The number of H-pyrrole nitrogens is 1. The Morgan fingerprint density at radius 2 is 2.26 bits per heavy atom. The zero-order chi connectivity index (χ0) is 14.0. The lowest BCUT2D eigenvalue weighted by Crippen LogP contribution is -2.17. The fraction of sp³-hybridized carbons (Fsp3) is 0.0833. The van der Waals surface area contributed by atoms with Gasteiger partial charge in [-0.25, -0.2) is 0 Å². The zero-order valence-electron chi connectivity index (χ0n) is 10.0. The number of benzene rings is 1. The van der Waals surface area contributed by atoms with E-state index < -0.39 is 0 Å². The number of thiocarbonyl (C=S) groups is 1. The number of aromatic amines is 1. The Hall–Kier alpha value is -1.73. The summed E-state index contributed by atoms with van der Waals surface area (Å²) < 4.78 is 0.953. The van der Waals surface area contributed by atoms with Gasteiger partial charge < -0.3 is 11.1 Å². The summed E-state index contributed by atoms with van der Waals surface area (Å²) in [4.78, 5) is 12.3. The topological polar surface area (TPSA) is 83.8 Å². The van der Waals surface area contributed by atoms with Crippen LogP contribution < -0.4 is 11.1 Å². The maximum Gasteiger partial charge on any atom is 0.256 e. The number of halogens is 1. The predicted molar refractivity (Wildman–Crippen MR) is 81.3 cm³/mol. The van der Waals surface area contributed by atoms with Crippen LogP contribution in [0.5, 0.6) is 0 Å². The van der Waals surface area contributed by atoms with Crippen molar-refractivity contribution in [3.63, 3.8) is 0 Å². The number of nitrogens with one attached hydrogen (secondary N) is 2. The van der Waals surface area contributed by atoms with Gasteiger partial charge in [-0.2, -0.15) is 5.10 Å². The molecule has 4 N–H and O–H groups in total. The number of nitrogens with zero attached hydrogens (tertiary/aromatic N) is 1. The van der Waals surface area contributed by atoms with E-state index in [4.69, 9.17) is 18.0 Å². The fourth-order valence-electron chi connectivity index (χ4n) is 1.54. The molecule has 0 bridgehead atoms. The van der Waals surface area contributed by atoms with Crippen LogP contribution in [0.3, 0.4) is 0 Å². The molecular weight excluding hydrogens is 328 g/mol. The smallest absolute Gasteiger partial charge is 0.256 e. The monoisotopic (exact) mass is 338 g/mol. The second-order valence-corrected chi connectivity index (χ2v) is 5.24. The second kappa shape index (κ2) is 5.50. The molecule has 0 fully saturated rings. The summed E-state index contributed by atoms with van der Waals surface area (Å²) in [5.74, 6) is 0.149. The molecule has 0 aliphatic heterocycles. The van der Waals surface area contributed by atoms with E-state index in [1.165, 1.54) is 6.20 Å². The van der Waals surface area contributed by atoms with Gasteiger partial charge in [-0.05, 0) is 30.7 Å². The number of rotatable bonds is 3. The molecule has 2 rings (SSSR count). The number of aromatic nitrogens is 2. The molecule has 0 unspecified atom stereocenters. The molecule has 2 aromatic rings. The number of aryl methyl sites for hydroxylation is 1. The van der Waals surface area contributed by atoms with Crippen LogP contribution in [0.4, 0.5) is 5.82 Å². The number of carbonyl (C=O) groups is 1. The highest BCUT2D eigenvalue weighted by Crippen LogP contribution is 2.18. The molecule has 1 aromatic carbocycles. The van der Waals surface area contributed by atoms with Crippen molar-refractivity contribution in [1.29, 1.82) is 0 Å². The van der Waals surface area contributed by atoms with Gasteiger partial charge in [-0.1, -0.05) is 28.1 Å². The average molecular weight is 339 g/mol. The average Bonchev–Trinajstić information content (AvgIpc) is 2.80. The minimum Gasteiger partial charge on any atom is -0.389 e. The van der Waals surface area contributed by atoms with Crippen LogP contribution >= 0.6 is 28.1 Å². The first-order chi connectivity index (χ1) is 8.99. The van der Waals surface area contributed by atoms with E-state index in [9.17, 15) is 4.79 Å².